The van der Waals surface area contributed by atoms with E-state index in [2.05, 4.69) is 38.8 Å². The average Bonchev–Trinajstić information content (AvgIpc) is 3.58. The predicted octanol–water partition coefficient (Wildman–Crippen LogP) is 5.03. The number of imidazole rings is 1. The number of aromatic amines is 2. The Labute approximate surface area is 214 Å². The SMILES string of the molecule is Cc1nc2cc([N+]3(C(=O)c4cc5cc(C6CCN(C(C)C)CC6)c(F)cc5[nH]4)N=CC=C3N)ccc2[nH]1. The zero-order valence-electron chi connectivity index (χ0n) is 21.3. The number of piperidine rings is 1. The van der Waals surface area contributed by atoms with E-state index in [-0.39, 0.29) is 23.5 Å². The molecule has 2 aromatic carbocycles. The number of aromatic nitrogens is 3. The van der Waals surface area contributed by atoms with Gasteiger partial charge in [0.25, 0.3) is 0 Å². The Morgan fingerprint density at radius 3 is 2.62 bits per heavy atom. The van der Waals surface area contributed by atoms with E-state index in [0.717, 1.165) is 53.7 Å². The number of nitrogens with one attached hydrogen (secondary N) is 2. The van der Waals surface area contributed by atoms with Gasteiger partial charge in [-0.05, 0) is 82.4 Å². The van der Waals surface area contributed by atoms with E-state index in [1.165, 1.54) is 12.3 Å². The molecule has 1 saturated heterocycles. The number of amides is 1. The Morgan fingerprint density at radius 2 is 1.92 bits per heavy atom. The maximum Gasteiger partial charge on any atom is 0.399 e. The number of fused-ring (bicyclic) bond motifs is 2. The molecule has 6 rings (SSSR count). The van der Waals surface area contributed by atoms with Crippen molar-refractivity contribution in [3.63, 3.8) is 0 Å². The molecule has 0 radical (unpaired) electrons. The van der Waals surface area contributed by atoms with Crippen LogP contribution in [0.15, 0.2) is 53.4 Å². The number of benzene rings is 2. The summed E-state index contributed by atoms with van der Waals surface area (Å²) in [5.74, 6) is 0.633. The monoisotopic (exact) mass is 500 g/mol. The molecule has 1 fully saturated rings. The van der Waals surface area contributed by atoms with Gasteiger partial charge in [-0.1, -0.05) is 9.69 Å². The Bertz CT molecular complexity index is 1590. The standard InChI is InChI=1S/C28H30FN7O/c1-16(2)35-10-7-18(8-11-35)21-12-19-13-26(34-24(19)15-22(21)29)28(37)36(27(30)6-9-31-36)20-4-5-23-25(14-20)33-17(3)32-23/h4-6,9,12-16,18H,7-8,10-11H2,1-3H3,(H3-,30,31,32,33,34,37)/p+1. The lowest BCUT2D eigenvalue weighted by Gasteiger charge is -2.34. The van der Waals surface area contributed by atoms with Crippen molar-refractivity contribution in [1.82, 2.24) is 24.4 Å². The second-order valence-electron chi connectivity index (χ2n) is 10.4. The number of carbonyl (C=O) groups is 1. The number of nitrogens with zero attached hydrogens (tertiary/aromatic N) is 4. The molecule has 9 heteroatoms. The molecule has 0 saturated carbocycles. The van der Waals surface area contributed by atoms with E-state index in [4.69, 9.17) is 5.73 Å². The molecule has 4 heterocycles. The molecule has 0 aliphatic carbocycles. The van der Waals surface area contributed by atoms with Crippen molar-refractivity contribution in [3.8, 4) is 0 Å². The van der Waals surface area contributed by atoms with Gasteiger partial charge in [-0.25, -0.2) is 14.2 Å². The summed E-state index contributed by atoms with van der Waals surface area (Å²) in [6.07, 6.45) is 5.00. The number of halogens is 1. The Kier molecular flexibility index (Phi) is 5.50. The summed E-state index contributed by atoms with van der Waals surface area (Å²) in [5, 5.41) is 5.32. The highest BCUT2D eigenvalue weighted by molar-refractivity contribution is 6.08. The normalized spacial score (nSPS) is 20.9. The van der Waals surface area contributed by atoms with Crippen molar-refractivity contribution in [2.24, 2.45) is 10.8 Å². The highest BCUT2D eigenvalue weighted by Gasteiger charge is 2.47. The number of hydrogen-bond acceptors (Lipinski definition) is 5. The molecule has 1 atom stereocenters. The molecular weight excluding hydrogens is 469 g/mol. The van der Waals surface area contributed by atoms with Crippen molar-refractivity contribution < 1.29 is 9.18 Å². The Morgan fingerprint density at radius 1 is 1.14 bits per heavy atom. The molecule has 4 aromatic rings. The van der Waals surface area contributed by atoms with E-state index in [9.17, 15) is 4.79 Å². The van der Waals surface area contributed by atoms with E-state index in [1.54, 1.807) is 12.1 Å². The number of nitrogens with two attached hydrogens (primary N) is 1. The van der Waals surface area contributed by atoms with Gasteiger partial charge >= 0.3 is 5.91 Å². The molecular formula is C28H31FN7O+. The molecule has 0 bridgehead atoms. The van der Waals surface area contributed by atoms with Gasteiger partial charge in [0.05, 0.1) is 17.2 Å². The maximum atomic E-state index is 15.2. The van der Waals surface area contributed by atoms with Gasteiger partial charge < -0.3 is 20.6 Å². The largest absolute Gasteiger partial charge is 0.399 e. The second-order valence-corrected chi connectivity index (χ2v) is 10.4. The third-order valence-electron chi connectivity index (χ3n) is 7.78. The van der Waals surface area contributed by atoms with E-state index < -0.39 is 4.59 Å². The summed E-state index contributed by atoms with van der Waals surface area (Å²) in [6, 6.07) is 11.2. The first-order valence-electron chi connectivity index (χ1n) is 12.8. The number of likely N-dealkylation sites (tertiary alicyclic amines) is 1. The summed E-state index contributed by atoms with van der Waals surface area (Å²) in [5.41, 5.74) is 10.2. The van der Waals surface area contributed by atoms with Crippen LogP contribution in [0.2, 0.25) is 0 Å². The molecule has 1 unspecified atom stereocenters. The van der Waals surface area contributed by atoms with E-state index >= 15 is 4.39 Å². The van der Waals surface area contributed by atoms with Gasteiger partial charge in [0.15, 0.2) is 5.69 Å². The lowest BCUT2D eigenvalue weighted by Crippen LogP contribution is -2.49. The number of carbonyl (C=O) groups excluding carboxylic acids is 1. The smallest absolute Gasteiger partial charge is 0.352 e. The van der Waals surface area contributed by atoms with Crippen LogP contribution >= 0.6 is 0 Å². The number of H-pyrrole nitrogens is 2. The summed E-state index contributed by atoms with van der Waals surface area (Å²) in [7, 11) is 0. The van der Waals surface area contributed by atoms with Crippen molar-refractivity contribution >= 4 is 39.7 Å². The van der Waals surface area contributed by atoms with Crippen LogP contribution in [-0.4, -0.2) is 51.1 Å². The number of aryl methyl sites for hydroxylation is 1. The van der Waals surface area contributed by atoms with E-state index in [1.807, 2.05) is 31.2 Å². The van der Waals surface area contributed by atoms with Crippen molar-refractivity contribution in [3.05, 3.63) is 71.2 Å². The molecule has 8 nitrogen and oxygen atoms in total. The highest BCUT2D eigenvalue weighted by Crippen LogP contribution is 2.37. The van der Waals surface area contributed by atoms with Crippen LogP contribution in [0.5, 0.6) is 0 Å². The minimum atomic E-state index is -0.530. The summed E-state index contributed by atoms with van der Waals surface area (Å²) in [4.78, 5) is 27.3. The van der Waals surface area contributed by atoms with Gasteiger partial charge in [-0.15, -0.1) is 0 Å². The number of quaternary nitrogens is 1. The average molecular weight is 501 g/mol. The summed E-state index contributed by atoms with van der Waals surface area (Å²) in [6.45, 7) is 8.19. The zero-order valence-corrected chi connectivity index (χ0v) is 21.3. The molecule has 0 spiro atoms. The van der Waals surface area contributed by atoms with Crippen LogP contribution < -0.4 is 10.3 Å². The Balaban J connectivity index is 1.37. The fourth-order valence-electron chi connectivity index (χ4n) is 5.71. The van der Waals surface area contributed by atoms with Crippen molar-refractivity contribution in [2.45, 2.75) is 45.6 Å². The number of rotatable bonds is 4. The number of allylic oxidation sites excluding steroid dienone is 1. The minimum absolute atomic E-state index is 0.164. The van der Waals surface area contributed by atoms with Gasteiger partial charge in [-0.3, -0.25) is 0 Å². The second kappa shape index (κ2) is 8.64. The summed E-state index contributed by atoms with van der Waals surface area (Å²) >= 11 is 0. The van der Waals surface area contributed by atoms with Gasteiger partial charge in [-0.2, -0.15) is 0 Å². The van der Waals surface area contributed by atoms with Crippen LogP contribution in [0.3, 0.4) is 0 Å². The highest BCUT2D eigenvalue weighted by atomic mass is 19.1. The topological polar surface area (TPSA) is 103 Å². The molecule has 2 aromatic heterocycles. The first kappa shape index (κ1) is 23.6. The zero-order chi connectivity index (χ0) is 25.9. The van der Waals surface area contributed by atoms with Crippen LogP contribution in [0.4, 0.5) is 10.1 Å². The Hall–Kier alpha value is -3.82. The van der Waals surface area contributed by atoms with Gasteiger partial charge in [0.2, 0.25) is 5.82 Å². The lowest BCUT2D eigenvalue weighted by molar-refractivity contribution is 0.0812. The first-order valence-corrected chi connectivity index (χ1v) is 12.8. The van der Waals surface area contributed by atoms with Crippen molar-refractivity contribution in [1.29, 1.82) is 0 Å². The molecule has 1 amide bonds. The molecule has 2 aliphatic rings. The first-order chi connectivity index (χ1) is 17.8. The maximum absolute atomic E-state index is 15.2. The van der Waals surface area contributed by atoms with E-state index in [0.29, 0.717) is 22.9 Å². The van der Waals surface area contributed by atoms with Crippen LogP contribution in [-0.2, 0) is 0 Å². The lowest BCUT2D eigenvalue weighted by atomic mass is 9.88. The van der Waals surface area contributed by atoms with Gasteiger partial charge in [0.1, 0.15) is 17.3 Å². The third kappa shape index (κ3) is 3.77. The van der Waals surface area contributed by atoms with Gasteiger partial charge in [0, 0.05) is 35.2 Å². The molecule has 37 heavy (non-hydrogen) atoms. The summed E-state index contributed by atoms with van der Waals surface area (Å²) < 4.78 is 14.7. The molecule has 190 valence electrons. The predicted molar refractivity (Wildman–Crippen MR) is 145 cm³/mol. The van der Waals surface area contributed by atoms with Crippen LogP contribution in [0.25, 0.3) is 21.9 Å². The fourth-order valence-corrected chi connectivity index (χ4v) is 5.71. The fraction of sp³-hybridized carbons (Fsp3) is 0.321. The minimum Gasteiger partial charge on any atom is -0.352 e. The number of hydrogen-bond donors (Lipinski definition) is 3. The van der Waals surface area contributed by atoms with Crippen LogP contribution in [0, 0.1) is 12.7 Å². The van der Waals surface area contributed by atoms with Crippen molar-refractivity contribution in [2.75, 3.05) is 13.1 Å². The molecule has 4 N–H and O–H groups in total. The quantitative estimate of drug-likeness (QED) is 0.342. The van der Waals surface area contributed by atoms with Crippen LogP contribution in [0.1, 0.15) is 54.5 Å². The molecule has 2 aliphatic heterocycles. The third-order valence-corrected chi connectivity index (χ3v) is 7.78.